The predicted octanol–water partition coefficient (Wildman–Crippen LogP) is -0.145. The number of carbonyl (C=O) groups is 1. The number of nitrogens with zero attached hydrogens (tertiary/aromatic N) is 1. The van der Waals surface area contributed by atoms with Crippen molar-refractivity contribution in [3.8, 4) is 0 Å². The van der Waals surface area contributed by atoms with Crippen LogP contribution < -0.4 is 16.0 Å². The van der Waals surface area contributed by atoms with Crippen molar-refractivity contribution in [2.75, 3.05) is 26.8 Å². The van der Waals surface area contributed by atoms with E-state index in [4.69, 9.17) is 4.74 Å². The van der Waals surface area contributed by atoms with Gasteiger partial charge in [0.25, 0.3) is 0 Å². The average molecular weight is 256 g/mol. The Balaban J connectivity index is 2.35. The van der Waals surface area contributed by atoms with Crippen molar-refractivity contribution in [1.82, 2.24) is 16.0 Å². The van der Waals surface area contributed by atoms with E-state index < -0.39 is 0 Å². The first kappa shape index (κ1) is 14.8. The summed E-state index contributed by atoms with van der Waals surface area (Å²) >= 11 is 0. The van der Waals surface area contributed by atoms with E-state index in [1.165, 1.54) is 0 Å². The SMILES string of the molecule is CCNC(=NCC(=O)NC1CC1)NC(C)COC. The van der Waals surface area contributed by atoms with Gasteiger partial charge in [0.2, 0.25) is 5.91 Å². The van der Waals surface area contributed by atoms with Gasteiger partial charge in [0.15, 0.2) is 5.96 Å². The molecule has 1 atom stereocenters. The van der Waals surface area contributed by atoms with E-state index in [0.29, 0.717) is 18.6 Å². The maximum Gasteiger partial charge on any atom is 0.242 e. The van der Waals surface area contributed by atoms with Crippen molar-refractivity contribution in [2.45, 2.75) is 38.8 Å². The maximum atomic E-state index is 11.5. The fourth-order valence-corrected chi connectivity index (χ4v) is 1.50. The number of nitrogens with one attached hydrogen (secondary N) is 3. The molecule has 1 amide bonds. The minimum atomic E-state index is -0.0194. The maximum absolute atomic E-state index is 11.5. The molecule has 1 fully saturated rings. The van der Waals surface area contributed by atoms with Crippen molar-refractivity contribution in [2.24, 2.45) is 4.99 Å². The van der Waals surface area contributed by atoms with Gasteiger partial charge in [-0.15, -0.1) is 0 Å². The van der Waals surface area contributed by atoms with Crippen LogP contribution in [0.3, 0.4) is 0 Å². The van der Waals surface area contributed by atoms with Crippen LogP contribution in [0.1, 0.15) is 26.7 Å². The summed E-state index contributed by atoms with van der Waals surface area (Å²) in [4.78, 5) is 15.8. The summed E-state index contributed by atoms with van der Waals surface area (Å²) in [7, 11) is 1.66. The van der Waals surface area contributed by atoms with Gasteiger partial charge in [-0.1, -0.05) is 0 Å². The largest absolute Gasteiger partial charge is 0.383 e. The lowest BCUT2D eigenvalue weighted by atomic mass is 10.4. The number of hydrogen-bond donors (Lipinski definition) is 3. The molecule has 1 aliphatic carbocycles. The molecule has 1 unspecified atom stereocenters. The number of rotatable bonds is 7. The Hall–Kier alpha value is -1.30. The van der Waals surface area contributed by atoms with Crippen LogP contribution in [0.25, 0.3) is 0 Å². The Morgan fingerprint density at radius 3 is 2.78 bits per heavy atom. The first-order valence-electron chi connectivity index (χ1n) is 6.48. The highest BCUT2D eigenvalue weighted by Crippen LogP contribution is 2.18. The fraction of sp³-hybridized carbons (Fsp3) is 0.833. The molecule has 0 aromatic heterocycles. The lowest BCUT2D eigenvalue weighted by Crippen LogP contribution is -2.44. The van der Waals surface area contributed by atoms with Crippen LogP contribution in [0.5, 0.6) is 0 Å². The predicted molar refractivity (Wildman–Crippen MR) is 71.6 cm³/mol. The molecular formula is C12H24N4O2. The van der Waals surface area contributed by atoms with Gasteiger partial charge in [0.05, 0.1) is 6.61 Å². The number of amides is 1. The molecule has 104 valence electrons. The van der Waals surface area contributed by atoms with Crippen LogP contribution in [-0.2, 0) is 9.53 Å². The third kappa shape index (κ3) is 6.44. The third-order valence-electron chi connectivity index (χ3n) is 2.47. The highest BCUT2D eigenvalue weighted by molar-refractivity contribution is 5.85. The molecule has 0 aromatic rings. The highest BCUT2D eigenvalue weighted by atomic mass is 16.5. The molecule has 0 radical (unpaired) electrons. The number of methoxy groups -OCH3 is 1. The molecule has 0 heterocycles. The molecule has 0 spiro atoms. The zero-order chi connectivity index (χ0) is 13.4. The average Bonchev–Trinajstić information content (AvgIpc) is 3.10. The van der Waals surface area contributed by atoms with Crippen LogP contribution in [-0.4, -0.2) is 50.8 Å². The van der Waals surface area contributed by atoms with Crippen LogP contribution in [0.4, 0.5) is 0 Å². The van der Waals surface area contributed by atoms with E-state index in [2.05, 4.69) is 20.9 Å². The summed E-state index contributed by atoms with van der Waals surface area (Å²) in [6.45, 7) is 5.50. The Bertz CT molecular complexity index is 290. The number of ether oxygens (including phenoxy) is 1. The van der Waals surface area contributed by atoms with Gasteiger partial charge in [-0.2, -0.15) is 0 Å². The number of hydrogen-bond acceptors (Lipinski definition) is 3. The lowest BCUT2D eigenvalue weighted by Gasteiger charge is -2.16. The Labute approximate surface area is 109 Å². The zero-order valence-corrected chi connectivity index (χ0v) is 11.5. The minimum absolute atomic E-state index is 0.0194. The van der Waals surface area contributed by atoms with E-state index in [1.807, 2.05) is 13.8 Å². The molecule has 6 heteroatoms. The van der Waals surface area contributed by atoms with E-state index in [1.54, 1.807) is 7.11 Å². The van der Waals surface area contributed by atoms with Gasteiger partial charge in [-0.25, -0.2) is 4.99 Å². The van der Waals surface area contributed by atoms with E-state index in [-0.39, 0.29) is 18.5 Å². The summed E-state index contributed by atoms with van der Waals surface area (Å²) in [6, 6.07) is 0.537. The summed E-state index contributed by atoms with van der Waals surface area (Å²) < 4.78 is 5.04. The molecule has 6 nitrogen and oxygen atoms in total. The number of carbonyl (C=O) groups excluding carboxylic acids is 1. The van der Waals surface area contributed by atoms with Crippen LogP contribution in [0, 0.1) is 0 Å². The van der Waals surface area contributed by atoms with Crippen molar-refractivity contribution < 1.29 is 9.53 Å². The molecule has 0 aromatic carbocycles. The van der Waals surface area contributed by atoms with Crippen molar-refractivity contribution >= 4 is 11.9 Å². The number of aliphatic imine (C=N–C) groups is 1. The first-order chi connectivity index (χ1) is 8.65. The second kappa shape index (κ2) is 7.92. The zero-order valence-electron chi connectivity index (χ0n) is 11.5. The molecular weight excluding hydrogens is 232 g/mol. The van der Waals surface area contributed by atoms with Crippen LogP contribution in [0.15, 0.2) is 4.99 Å². The third-order valence-corrected chi connectivity index (χ3v) is 2.47. The Morgan fingerprint density at radius 2 is 2.22 bits per heavy atom. The second-order valence-electron chi connectivity index (χ2n) is 4.54. The molecule has 0 aliphatic heterocycles. The Kier molecular flexibility index (Phi) is 6.49. The fourth-order valence-electron chi connectivity index (χ4n) is 1.50. The molecule has 18 heavy (non-hydrogen) atoms. The first-order valence-corrected chi connectivity index (χ1v) is 6.48. The summed E-state index contributed by atoms with van der Waals surface area (Å²) in [5, 5.41) is 9.18. The number of guanidine groups is 1. The highest BCUT2D eigenvalue weighted by Gasteiger charge is 2.22. The van der Waals surface area contributed by atoms with E-state index >= 15 is 0 Å². The molecule has 3 N–H and O–H groups in total. The summed E-state index contributed by atoms with van der Waals surface area (Å²) in [6.07, 6.45) is 2.19. The van der Waals surface area contributed by atoms with Gasteiger partial charge in [0, 0.05) is 25.7 Å². The van der Waals surface area contributed by atoms with Crippen molar-refractivity contribution in [3.63, 3.8) is 0 Å². The summed E-state index contributed by atoms with van der Waals surface area (Å²) in [5.41, 5.74) is 0. The monoisotopic (exact) mass is 256 g/mol. The van der Waals surface area contributed by atoms with Gasteiger partial charge >= 0.3 is 0 Å². The van der Waals surface area contributed by atoms with Crippen molar-refractivity contribution in [3.05, 3.63) is 0 Å². The minimum Gasteiger partial charge on any atom is -0.383 e. The topological polar surface area (TPSA) is 74.8 Å². The Morgan fingerprint density at radius 1 is 1.50 bits per heavy atom. The van der Waals surface area contributed by atoms with Gasteiger partial charge in [-0.3, -0.25) is 4.79 Å². The molecule has 1 saturated carbocycles. The standard InChI is InChI=1S/C12H24N4O2/c1-4-13-12(15-9(2)8-18-3)14-7-11(17)16-10-5-6-10/h9-10H,4-8H2,1-3H3,(H,16,17)(H2,13,14,15). The van der Waals surface area contributed by atoms with Gasteiger partial charge in [0.1, 0.15) is 6.54 Å². The second-order valence-corrected chi connectivity index (χ2v) is 4.54. The summed E-state index contributed by atoms with van der Waals surface area (Å²) in [5.74, 6) is 0.627. The quantitative estimate of drug-likeness (QED) is 0.438. The van der Waals surface area contributed by atoms with Crippen LogP contribution in [0.2, 0.25) is 0 Å². The van der Waals surface area contributed by atoms with Crippen LogP contribution >= 0.6 is 0 Å². The van der Waals surface area contributed by atoms with Gasteiger partial charge in [-0.05, 0) is 26.7 Å². The molecule has 0 bridgehead atoms. The molecule has 1 aliphatic rings. The van der Waals surface area contributed by atoms with E-state index in [0.717, 1.165) is 19.4 Å². The van der Waals surface area contributed by atoms with Gasteiger partial charge < -0.3 is 20.7 Å². The molecule has 1 rings (SSSR count). The van der Waals surface area contributed by atoms with Crippen molar-refractivity contribution in [1.29, 1.82) is 0 Å². The smallest absolute Gasteiger partial charge is 0.242 e. The van der Waals surface area contributed by atoms with E-state index in [9.17, 15) is 4.79 Å². The lowest BCUT2D eigenvalue weighted by molar-refractivity contribution is -0.119. The molecule has 0 saturated heterocycles. The normalized spacial score (nSPS) is 17.2.